The van der Waals surface area contributed by atoms with Crippen LogP contribution in [-0.2, 0) is 11.2 Å². The normalized spacial score (nSPS) is 9.92. The zero-order valence-corrected chi connectivity index (χ0v) is 14.2. The van der Waals surface area contributed by atoms with Crippen LogP contribution in [0, 0.1) is 0 Å². The van der Waals surface area contributed by atoms with Gasteiger partial charge >= 0.3 is 0 Å². The molecule has 0 unspecified atom stereocenters. The first-order valence-electron chi connectivity index (χ1n) is 8.09. The van der Waals surface area contributed by atoms with Gasteiger partial charge in [-0.3, -0.25) is 9.59 Å². The third-order valence-corrected chi connectivity index (χ3v) is 3.61. The molecule has 1 N–H and O–H groups in total. The topological polar surface area (TPSA) is 49.4 Å². The van der Waals surface area contributed by atoms with Gasteiger partial charge < -0.3 is 10.2 Å². The summed E-state index contributed by atoms with van der Waals surface area (Å²) in [7, 11) is 0. The highest BCUT2D eigenvalue weighted by Crippen LogP contribution is 2.13. The first-order chi connectivity index (χ1) is 12.1. The standard InChI is InChI=1S/C21H22N2O2/c1-3-14-23(15-4-2)21(25)18-10-12-19(13-11-18)22-20(24)16-17-8-6-5-7-9-17/h3-13H,1-2,14-16H2,(H,22,24). The Balaban J connectivity index is 1.99. The highest BCUT2D eigenvalue weighted by Gasteiger charge is 2.13. The van der Waals surface area contributed by atoms with Crippen LogP contribution in [-0.4, -0.2) is 29.8 Å². The lowest BCUT2D eigenvalue weighted by Gasteiger charge is -2.19. The molecule has 0 saturated carbocycles. The van der Waals surface area contributed by atoms with Crippen molar-refractivity contribution in [3.8, 4) is 0 Å². The minimum atomic E-state index is -0.0954. The van der Waals surface area contributed by atoms with E-state index in [4.69, 9.17) is 0 Å². The molecule has 128 valence electrons. The minimum Gasteiger partial charge on any atom is -0.331 e. The van der Waals surface area contributed by atoms with Crippen molar-refractivity contribution in [2.24, 2.45) is 0 Å². The van der Waals surface area contributed by atoms with Crippen LogP contribution in [0.1, 0.15) is 15.9 Å². The van der Waals surface area contributed by atoms with E-state index in [1.54, 1.807) is 41.3 Å². The summed E-state index contributed by atoms with van der Waals surface area (Å²) in [4.78, 5) is 26.2. The molecule has 0 aliphatic rings. The molecule has 0 saturated heterocycles. The van der Waals surface area contributed by atoms with Crippen LogP contribution in [0.4, 0.5) is 5.69 Å². The van der Waals surface area contributed by atoms with Crippen molar-refractivity contribution in [2.75, 3.05) is 18.4 Å². The van der Waals surface area contributed by atoms with E-state index in [0.29, 0.717) is 30.8 Å². The summed E-state index contributed by atoms with van der Waals surface area (Å²) in [6.07, 6.45) is 3.67. The van der Waals surface area contributed by atoms with Crippen LogP contribution < -0.4 is 5.32 Å². The lowest BCUT2D eigenvalue weighted by Crippen LogP contribution is -2.31. The fourth-order valence-electron chi connectivity index (χ4n) is 2.42. The van der Waals surface area contributed by atoms with E-state index < -0.39 is 0 Å². The fraction of sp³-hybridized carbons (Fsp3) is 0.143. The molecule has 0 radical (unpaired) electrons. The number of hydrogen-bond acceptors (Lipinski definition) is 2. The molecule has 0 spiro atoms. The second-order valence-corrected chi connectivity index (χ2v) is 5.58. The maximum atomic E-state index is 12.4. The first-order valence-corrected chi connectivity index (χ1v) is 8.09. The van der Waals surface area contributed by atoms with Crippen molar-refractivity contribution in [1.82, 2.24) is 4.90 Å². The van der Waals surface area contributed by atoms with Gasteiger partial charge in [0.15, 0.2) is 0 Å². The number of anilines is 1. The molecule has 0 heterocycles. The molecular weight excluding hydrogens is 312 g/mol. The van der Waals surface area contributed by atoms with Gasteiger partial charge in [0.05, 0.1) is 6.42 Å². The summed E-state index contributed by atoms with van der Waals surface area (Å²) in [5, 5.41) is 2.84. The summed E-state index contributed by atoms with van der Waals surface area (Å²) >= 11 is 0. The molecule has 0 aliphatic carbocycles. The third kappa shape index (κ3) is 5.46. The van der Waals surface area contributed by atoms with Gasteiger partial charge in [0.2, 0.25) is 5.91 Å². The number of amides is 2. The van der Waals surface area contributed by atoms with Crippen LogP contribution in [0.5, 0.6) is 0 Å². The Kier molecular flexibility index (Phi) is 6.72. The Morgan fingerprint density at radius 3 is 2.08 bits per heavy atom. The maximum absolute atomic E-state index is 12.4. The van der Waals surface area contributed by atoms with E-state index in [0.717, 1.165) is 5.56 Å². The molecule has 2 aromatic rings. The van der Waals surface area contributed by atoms with E-state index in [1.165, 1.54) is 0 Å². The Labute approximate surface area is 148 Å². The molecule has 0 atom stereocenters. The monoisotopic (exact) mass is 334 g/mol. The summed E-state index contributed by atoms with van der Waals surface area (Å²) in [6.45, 7) is 8.25. The minimum absolute atomic E-state index is 0.0924. The Morgan fingerprint density at radius 1 is 0.920 bits per heavy atom. The van der Waals surface area contributed by atoms with Crippen molar-refractivity contribution in [2.45, 2.75) is 6.42 Å². The predicted octanol–water partition coefficient (Wildman–Crippen LogP) is 3.68. The van der Waals surface area contributed by atoms with Crippen molar-refractivity contribution in [1.29, 1.82) is 0 Å². The SMILES string of the molecule is C=CCN(CC=C)C(=O)c1ccc(NC(=O)Cc2ccccc2)cc1. The first kappa shape index (κ1) is 18.2. The van der Waals surface area contributed by atoms with Gasteiger partial charge in [-0.1, -0.05) is 42.5 Å². The van der Waals surface area contributed by atoms with Crippen LogP contribution in [0.15, 0.2) is 79.9 Å². The molecule has 4 heteroatoms. The highest BCUT2D eigenvalue weighted by molar-refractivity contribution is 5.96. The largest absolute Gasteiger partial charge is 0.331 e. The summed E-state index contributed by atoms with van der Waals surface area (Å²) in [6, 6.07) is 16.4. The van der Waals surface area contributed by atoms with Gasteiger partial charge in [0.25, 0.3) is 5.91 Å². The Bertz CT molecular complexity index is 726. The maximum Gasteiger partial charge on any atom is 0.254 e. The van der Waals surface area contributed by atoms with Gasteiger partial charge in [0, 0.05) is 24.3 Å². The quantitative estimate of drug-likeness (QED) is 0.749. The number of benzene rings is 2. The zero-order chi connectivity index (χ0) is 18.1. The summed E-state index contributed by atoms with van der Waals surface area (Å²) < 4.78 is 0. The van der Waals surface area contributed by atoms with Crippen molar-refractivity contribution in [3.05, 3.63) is 91.0 Å². The molecule has 0 aliphatic heterocycles. The third-order valence-electron chi connectivity index (χ3n) is 3.61. The van der Waals surface area contributed by atoms with Gasteiger partial charge in [0.1, 0.15) is 0 Å². The molecule has 2 amide bonds. The number of nitrogens with zero attached hydrogens (tertiary/aromatic N) is 1. The number of carbonyl (C=O) groups is 2. The van der Waals surface area contributed by atoms with E-state index in [-0.39, 0.29) is 11.8 Å². The molecule has 25 heavy (non-hydrogen) atoms. The summed E-state index contributed by atoms with van der Waals surface area (Å²) in [5.41, 5.74) is 2.18. The van der Waals surface area contributed by atoms with Gasteiger partial charge in [-0.2, -0.15) is 0 Å². The molecule has 2 aromatic carbocycles. The van der Waals surface area contributed by atoms with E-state index in [2.05, 4.69) is 18.5 Å². The number of rotatable bonds is 8. The molecule has 0 bridgehead atoms. The van der Waals surface area contributed by atoms with Gasteiger partial charge in [-0.15, -0.1) is 13.2 Å². The molecule has 2 rings (SSSR count). The van der Waals surface area contributed by atoms with Crippen LogP contribution in [0.3, 0.4) is 0 Å². The lowest BCUT2D eigenvalue weighted by atomic mass is 10.1. The Morgan fingerprint density at radius 2 is 1.52 bits per heavy atom. The van der Waals surface area contributed by atoms with E-state index in [1.807, 2.05) is 30.3 Å². The molecule has 0 aromatic heterocycles. The van der Waals surface area contributed by atoms with Crippen molar-refractivity contribution < 1.29 is 9.59 Å². The fourth-order valence-corrected chi connectivity index (χ4v) is 2.42. The van der Waals surface area contributed by atoms with E-state index >= 15 is 0 Å². The molecule has 4 nitrogen and oxygen atoms in total. The van der Waals surface area contributed by atoms with Gasteiger partial charge in [-0.25, -0.2) is 0 Å². The average molecular weight is 334 g/mol. The second kappa shape index (κ2) is 9.23. The molecular formula is C21H22N2O2. The van der Waals surface area contributed by atoms with Crippen LogP contribution in [0.25, 0.3) is 0 Å². The average Bonchev–Trinajstić information content (AvgIpc) is 2.62. The predicted molar refractivity (Wildman–Crippen MR) is 102 cm³/mol. The number of hydrogen-bond donors (Lipinski definition) is 1. The van der Waals surface area contributed by atoms with Crippen molar-refractivity contribution >= 4 is 17.5 Å². The second-order valence-electron chi connectivity index (χ2n) is 5.58. The van der Waals surface area contributed by atoms with Gasteiger partial charge in [-0.05, 0) is 29.8 Å². The Hall–Kier alpha value is -3.14. The highest BCUT2D eigenvalue weighted by atomic mass is 16.2. The van der Waals surface area contributed by atoms with Crippen LogP contribution in [0.2, 0.25) is 0 Å². The smallest absolute Gasteiger partial charge is 0.254 e. The lowest BCUT2D eigenvalue weighted by molar-refractivity contribution is -0.115. The van der Waals surface area contributed by atoms with Crippen molar-refractivity contribution in [3.63, 3.8) is 0 Å². The zero-order valence-electron chi connectivity index (χ0n) is 14.2. The number of nitrogens with one attached hydrogen (secondary N) is 1. The number of carbonyl (C=O) groups excluding carboxylic acids is 2. The van der Waals surface area contributed by atoms with E-state index in [9.17, 15) is 9.59 Å². The summed E-state index contributed by atoms with van der Waals surface area (Å²) in [5.74, 6) is -0.188. The molecule has 0 fully saturated rings. The van der Waals surface area contributed by atoms with Crippen LogP contribution >= 0.6 is 0 Å².